The Kier molecular flexibility index (Phi) is 9.30. The maximum absolute atomic E-state index is 13.8. The molecule has 0 aliphatic heterocycles. The summed E-state index contributed by atoms with van der Waals surface area (Å²) in [6, 6.07) is 32.2. The quantitative estimate of drug-likeness (QED) is 0.272. The lowest BCUT2D eigenvalue weighted by molar-refractivity contribution is -0.121. The number of amides is 1. The molecule has 1 atom stereocenters. The third-order valence-electron chi connectivity index (χ3n) is 6.83. The minimum absolute atomic E-state index is 0.110. The molecule has 0 saturated heterocycles. The molecule has 0 heterocycles. The van der Waals surface area contributed by atoms with Crippen molar-refractivity contribution < 1.29 is 13.2 Å². The molecule has 0 radical (unpaired) electrons. The van der Waals surface area contributed by atoms with E-state index in [2.05, 4.69) is 5.32 Å². The zero-order valence-electron chi connectivity index (χ0n) is 22.4. The van der Waals surface area contributed by atoms with Gasteiger partial charge in [0.05, 0.1) is 11.4 Å². The molecular weight excluding hydrogens is 506 g/mol. The molecule has 0 aliphatic carbocycles. The van der Waals surface area contributed by atoms with Gasteiger partial charge < -0.3 is 11.1 Å². The third-order valence-corrected chi connectivity index (χ3v) is 8.66. The molecule has 202 valence electrons. The van der Waals surface area contributed by atoms with E-state index in [-0.39, 0.29) is 29.8 Å². The number of hydrogen-bond acceptors (Lipinski definition) is 4. The molecular formula is C32H35N3O3S. The van der Waals surface area contributed by atoms with Crippen molar-refractivity contribution in [3.63, 3.8) is 0 Å². The summed E-state index contributed by atoms with van der Waals surface area (Å²) in [6.07, 6.45) is 0. The zero-order valence-corrected chi connectivity index (χ0v) is 23.2. The van der Waals surface area contributed by atoms with Crippen LogP contribution in [0.4, 0.5) is 0 Å². The molecule has 6 nitrogen and oxygen atoms in total. The predicted molar refractivity (Wildman–Crippen MR) is 156 cm³/mol. The van der Waals surface area contributed by atoms with Crippen LogP contribution >= 0.6 is 0 Å². The van der Waals surface area contributed by atoms with Gasteiger partial charge in [-0.1, -0.05) is 97.9 Å². The molecule has 0 fully saturated rings. The molecule has 0 aliphatic rings. The first-order valence-corrected chi connectivity index (χ1v) is 14.5. The molecule has 4 rings (SSSR count). The number of sulfonamides is 1. The average molecular weight is 542 g/mol. The van der Waals surface area contributed by atoms with Crippen LogP contribution in [0.15, 0.2) is 108 Å². The summed E-state index contributed by atoms with van der Waals surface area (Å²) in [4.78, 5) is 13.2. The number of carbonyl (C=O) groups excluding carboxylic acids is 1. The van der Waals surface area contributed by atoms with Crippen molar-refractivity contribution in [3.05, 3.63) is 125 Å². The van der Waals surface area contributed by atoms with E-state index in [0.717, 1.165) is 33.4 Å². The van der Waals surface area contributed by atoms with Crippen molar-refractivity contribution in [1.82, 2.24) is 9.62 Å². The van der Waals surface area contributed by atoms with Crippen LogP contribution in [0.3, 0.4) is 0 Å². The number of rotatable bonds is 11. The van der Waals surface area contributed by atoms with Gasteiger partial charge in [-0.25, -0.2) is 8.42 Å². The third kappa shape index (κ3) is 7.20. The fourth-order valence-electron chi connectivity index (χ4n) is 4.58. The summed E-state index contributed by atoms with van der Waals surface area (Å²) in [5.41, 5.74) is 11.7. The zero-order chi connectivity index (χ0) is 27.8. The van der Waals surface area contributed by atoms with Crippen molar-refractivity contribution >= 4 is 15.9 Å². The highest BCUT2D eigenvalue weighted by molar-refractivity contribution is 7.89. The van der Waals surface area contributed by atoms with Gasteiger partial charge in [-0.3, -0.25) is 4.79 Å². The van der Waals surface area contributed by atoms with Gasteiger partial charge in [0.1, 0.15) is 0 Å². The van der Waals surface area contributed by atoms with Gasteiger partial charge in [0, 0.05) is 19.6 Å². The topological polar surface area (TPSA) is 92.5 Å². The lowest BCUT2D eigenvalue weighted by Crippen LogP contribution is -2.42. The highest BCUT2D eigenvalue weighted by atomic mass is 32.2. The fourth-order valence-corrected chi connectivity index (χ4v) is 6.06. The number of hydrogen-bond donors (Lipinski definition) is 2. The second-order valence-corrected chi connectivity index (χ2v) is 11.7. The van der Waals surface area contributed by atoms with Crippen LogP contribution in [-0.2, 0) is 27.9 Å². The Hall–Kier alpha value is -3.78. The summed E-state index contributed by atoms with van der Waals surface area (Å²) in [6.45, 7) is 4.58. The van der Waals surface area contributed by atoms with Gasteiger partial charge in [0.25, 0.3) is 0 Å². The lowest BCUT2D eigenvalue weighted by atomic mass is 10.0. The van der Waals surface area contributed by atoms with E-state index in [4.69, 9.17) is 5.73 Å². The first-order valence-electron chi connectivity index (χ1n) is 13.0. The summed E-state index contributed by atoms with van der Waals surface area (Å²) >= 11 is 0. The van der Waals surface area contributed by atoms with Gasteiger partial charge in [-0.05, 0) is 58.4 Å². The van der Waals surface area contributed by atoms with Crippen molar-refractivity contribution in [2.75, 3.05) is 13.1 Å². The van der Waals surface area contributed by atoms with E-state index in [0.29, 0.717) is 13.1 Å². The van der Waals surface area contributed by atoms with Crippen LogP contribution < -0.4 is 11.1 Å². The highest BCUT2D eigenvalue weighted by Crippen LogP contribution is 2.27. The van der Waals surface area contributed by atoms with E-state index >= 15 is 0 Å². The highest BCUT2D eigenvalue weighted by Gasteiger charge is 2.28. The minimum Gasteiger partial charge on any atom is -0.351 e. The van der Waals surface area contributed by atoms with Crippen LogP contribution in [0.5, 0.6) is 0 Å². The standard InChI is InChI=1S/C32H35N3O3S/c1-24-9-6-7-14-31(24)29-15-17-30(18-16-29)39(37,38)35(22-25(2)28-12-4-3-5-13-28)23-32(36)34-21-27-11-8-10-26(19-27)20-33/h3-19,25H,20-23,33H2,1-2H3,(H,34,36)/t25-/m0/s1. The maximum atomic E-state index is 13.8. The van der Waals surface area contributed by atoms with E-state index in [9.17, 15) is 13.2 Å². The van der Waals surface area contributed by atoms with E-state index in [1.165, 1.54) is 4.31 Å². The molecule has 0 unspecified atom stereocenters. The molecule has 7 heteroatoms. The van der Waals surface area contributed by atoms with Crippen molar-refractivity contribution in [1.29, 1.82) is 0 Å². The number of aryl methyl sites for hydroxylation is 1. The maximum Gasteiger partial charge on any atom is 0.243 e. The Labute approximate surface area is 231 Å². The Morgan fingerprint density at radius 3 is 2.23 bits per heavy atom. The summed E-state index contributed by atoms with van der Waals surface area (Å²) < 4.78 is 29.0. The number of nitrogens with two attached hydrogens (primary N) is 1. The van der Waals surface area contributed by atoms with Crippen LogP contribution in [0.25, 0.3) is 11.1 Å². The number of nitrogens with one attached hydrogen (secondary N) is 1. The van der Waals surface area contributed by atoms with Crippen LogP contribution in [-0.4, -0.2) is 31.7 Å². The van der Waals surface area contributed by atoms with Crippen molar-refractivity contribution in [2.45, 2.75) is 37.8 Å². The summed E-state index contributed by atoms with van der Waals surface area (Å²) in [7, 11) is -3.95. The summed E-state index contributed by atoms with van der Waals surface area (Å²) in [5, 5.41) is 2.87. The number of nitrogens with zero attached hydrogens (tertiary/aromatic N) is 1. The summed E-state index contributed by atoms with van der Waals surface area (Å²) in [5.74, 6) is -0.477. The van der Waals surface area contributed by atoms with Crippen LogP contribution in [0.2, 0.25) is 0 Å². The molecule has 0 bridgehead atoms. The molecule has 0 aromatic heterocycles. The molecule has 1 amide bonds. The second kappa shape index (κ2) is 12.8. The fraction of sp³-hybridized carbons (Fsp3) is 0.219. The second-order valence-electron chi connectivity index (χ2n) is 9.75. The van der Waals surface area contributed by atoms with Crippen molar-refractivity contribution in [3.8, 4) is 11.1 Å². The van der Waals surface area contributed by atoms with Crippen LogP contribution in [0.1, 0.15) is 35.1 Å². The molecule has 39 heavy (non-hydrogen) atoms. The van der Waals surface area contributed by atoms with E-state index < -0.39 is 10.0 Å². The SMILES string of the molecule is Cc1ccccc1-c1ccc(S(=O)(=O)N(CC(=O)NCc2cccc(CN)c2)C[C@H](C)c2ccccc2)cc1. The first-order chi connectivity index (χ1) is 18.8. The molecule has 0 saturated carbocycles. The van der Waals surface area contributed by atoms with Gasteiger partial charge in [-0.2, -0.15) is 4.31 Å². The molecule has 4 aromatic rings. The Bertz CT molecular complexity index is 1500. The Balaban J connectivity index is 1.56. The van der Waals surface area contributed by atoms with Gasteiger partial charge in [0.2, 0.25) is 15.9 Å². The van der Waals surface area contributed by atoms with Gasteiger partial charge in [0.15, 0.2) is 0 Å². The Morgan fingerprint density at radius 2 is 1.54 bits per heavy atom. The molecule has 4 aromatic carbocycles. The van der Waals surface area contributed by atoms with E-state index in [1.807, 2.05) is 105 Å². The van der Waals surface area contributed by atoms with Crippen LogP contribution in [0, 0.1) is 6.92 Å². The lowest BCUT2D eigenvalue weighted by Gasteiger charge is -2.25. The van der Waals surface area contributed by atoms with Gasteiger partial charge >= 0.3 is 0 Å². The predicted octanol–water partition coefficient (Wildman–Crippen LogP) is 5.23. The monoisotopic (exact) mass is 541 g/mol. The molecule has 0 spiro atoms. The minimum atomic E-state index is -3.95. The van der Waals surface area contributed by atoms with Crippen molar-refractivity contribution in [2.24, 2.45) is 5.73 Å². The van der Waals surface area contributed by atoms with Gasteiger partial charge in [-0.15, -0.1) is 0 Å². The average Bonchev–Trinajstić information content (AvgIpc) is 2.96. The molecule has 3 N–H and O–H groups in total. The number of carbonyl (C=O) groups is 1. The smallest absolute Gasteiger partial charge is 0.243 e. The van der Waals surface area contributed by atoms with E-state index in [1.54, 1.807) is 12.1 Å². The number of benzene rings is 4. The first kappa shape index (κ1) is 28.2. The normalized spacial score (nSPS) is 12.3. The Morgan fingerprint density at radius 1 is 0.872 bits per heavy atom. The largest absolute Gasteiger partial charge is 0.351 e.